The Morgan fingerprint density at radius 3 is 2.69 bits per heavy atom. The Balaban J connectivity index is 2.67. The maximum atomic E-state index is 13.2. The van der Waals surface area contributed by atoms with Crippen molar-refractivity contribution < 1.29 is 4.39 Å². The van der Waals surface area contributed by atoms with Crippen molar-refractivity contribution in [1.82, 2.24) is 0 Å². The van der Waals surface area contributed by atoms with E-state index in [0.29, 0.717) is 16.5 Å². The second-order valence-electron chi connectivity index (χ2n) is 3.50. The van der Waals surface area contributed by atoms with E-state index in [4.69, 9.17) is 11.6 Å². The van der Waals surface area contributed by atoms with Crippen LogP contribution in [-0.2, 0) is 0 Å². The molecule has 0 saturated carbocycles. The van der Waals surface area contributed by atoms with Gasteiger partial charge in [0.2, 0.25) is 0 Å². The summed E-state index contributed by atoms with van der Waals surface area (Å²) in [7, 11) is 0. The molecule has 0 amide bonds. The number of halogens is 2. The quantitative estimate of drug-likeness (QED) is 0.688. The first-order valence-electron chi connectivity index (χ1n) is 4.38. The molecule has 0 heterocycles. The van der Waals surface area contributed by atoms with Gasteiger partial charge in [-0.2, -0.15) is 0 Å². The number of benzene rings is 1. The van der Waals surface area contributed by atoms with Crippen LogP contribution in [0.15, 0.2) is 18.2 Å². The predicted octanol–water partition coefficient (Wildman–Crippen LogP) is 4.08. The second kappa shape index (κ2) is 4.61. The standard InChI is InChI=1S/C11H13ClF/c1-8(2)3-4-9-5-6-10(12)7-11(9)13/h4-8H,3H2,1-2H3. The molecule has 1 rings (SSSR count). The van der Waals surface area contributed by atoms with Gasteiger partial charge >= 0.3 is 0 Å². The highest BCUT2D eigenvalue weighted by molar-refractivity contribution is 6.30. The molecule has 13 heavy (non-hydrogen) atoms. The molecule has 0 bridgehead atoms. The summed E-state index contributed by atoms with van der Waals surface area (Å²) in [6, 6.07) is 4.75. The fourth-order valence-corrected chi connectivity index (χ4v) is 1.19. The smallest absolute Gasteiger partial charge is 0.128 e. The predicted molar refractivity (Wildman–Crippen MR) is 54.3 cm³/mol. The van der Waals surface area contributed by atoms with E-state index in [0.717, 1.165) is 6.42 Å². The second-order valence-corrected chi connectivity index (χ2v) is 3.94. The van der Waals surface area contributed by atoms with E-state index in [1.54, 1.807) is 12.1 Å². The lowest BCUT2D eigenvalue weighted by Crippen LogP contribution is -1.92. The summed E-state index contributed by atoms with van der Waals surface area (Å²) < 4.78 is 13.2. The van der Waals surface area contributed by atoms with Crippen LogP contribution >= 0.6 is 11.6 Å². The normalized spacial score (nSPS) is 10.8. The van der Waals surface area contributed by atoms with Crippen molar-refractivity contribution in [2.24, 2.45) is 5.92 Å². The summed E-state index contributed by atoms with van der Waals surface area (Å²) >= 11 is 5.63. The van der Waals surface area contributed by atoms with E-state index in [-0.39, 0.29) is 5.82 Å². The molecule has 0 aliphatic rings. The molecule has 1 aromatic rings. The van der Waals surface area contributed by atoms with Gasteiger partial charge in [-0.3, -0.25) is 0 Å². The monoisotopic (exact) mass is 199 g/mol. The van der Waals surface area contributed by atoms with E-state index in [9.17, 15) is 4.39 Å². The van der Waals surface area contributed by atoms with Crippen LogP contribution in [0.4, 0.5) is 4.39 Å². The Bertz CT molecular complexity index is 281. The molecule has 0 nitrogen and oxygen atoms in total. The van der Waals surface area contributed by atoms with Crippen molar-refractivity contribution in [1.29, 1.82) is 0 Å². The molecule has 0 N–H and O–H groups in total. The lowest BCUT2D eigenvalue weighted by atomic mass is 10.0. The minimum Gasteiger partial charge on any atom is -0.207 e. The van der Waals surface area contributed by atoms with Gasteiger partial charge in [0.05, 0.1) is 0 Å². The zero-order valence-electron chi connectivity index (χ0n) is 7.85. The number of rotatable bonds is 3. The lowest BCUT2D eigenvalue weighted by molar-refractivity contribution is 0.603. The highest BCUT2D eigenvalue weighted by Crippen LogP contribution is 2.18. The number of hydrogen-bond acceptors (Lipinski definition) is 0. The van der Waals surface area contributed by atoms with Crippen LogP contribution in [0.3, 0.4) is 0 Å². The fourth-order valence-electron chi connectivity index (χ4n) is 1.03. The summed E-state index contributed by atoms with van der Waals surface area (Å²) in [5, 5.41) is 0.444. The van der Waals surface area contributed by atoms with Crippen LogP contribution in [0, 0.1) is 18.2 Å². The lowest BCUT2D eigenvalue weighted by Gasteiger charge is -2.05. The molecule has 71 valence electrons. The van der Waals surface area contributed by atoms with Crippen molar-refractivity contribution in [2.45, 2.75) is 20.3 Å². The van der Waals surface area contributed by atoms with Crippen molar-refractivity contribution in [2.75, 3.05) is 0 Å². The first kappa shape index (κ1) is 10.5. The summed E-state index contributed by atoms with van der Waals surface area (Å²) in [5.74, 6) is 0.309. The fraction of sp³-hybridized carbons (Fsp3) is 0.364. The molecule has 0 aliphatic heterocycles. The highest BCUT2D eigenvalue weighted by atomic mass is 35.5. The van der Waals surface area contributed by atoms with Crippen LogP contribution in [0.1, 0.15) is 25.8 Å². The topological polar surface area (TPSA) is 0 Å². The summed E-state index contributed by atoms with van der Waals surface area (Å²) in [5.41, 5.74) is 0.637. The van der Waals surface area contributed by atoms with Crippen molar-refractivity contribution in [3.05, 3.63) is 41.0 Å². The van der Waals surface area contributed by atoms with Gasteiger partial charge in [0.15, 0.2) is 0 Å². The average Bonchev–Trinajstić information content (AvgIpc) is 2.02. The van der Waals surface area contributed by atoms with Gasteiger partial charge < -0.3 is 0 Å². The molecular weight excluding hydrogens is 187 g/mol. The maximum absolute atomic E-state index is 13.2. The van der Waals surface area contributed by atoms with Gasteiger partial charge in [-0.15, -0.1) is 0 Å². The third-order valence-corrected chi connectivity index (χ3v) is 2.01. The Morgan fingerprint density at radius 2 is 2.15 bits per heavy atom. The minimum atomic E-state index is -0.242. The van der Waals surface area contributed by atoms with Gasteiger partial charge in [0.1, 0.15) is 5.82 Å². The molecule has 0 saturated heterocycles. The zero-order valence-corrected chi connectivity index (χ0v) is 8.61. The van der Waals surface area contributed by atoms with Gasteiger partial charge in [-0.05, 0) is 36.5 Å². The van der Waals surface area contributed by atoms with Crippen molar-refractivity contribution in [3.63, 3.8) is 0 Å². The van der Waals surface area contributed by atoms with Crippen LogP contribution in [0.2, 0.25) is 5.02 Å². The largest absolute Gasteiger partial charge is 0.207 e. The highest BCUT2D eigenvalue weighted by Gasteiger charge is 2.03. The molecular formula is C11H13ClF. The van der Waals surface area contributed by atoms with E-state index in [1.807, 2.05) is 6.42 Å². The van der Waals surface area contributed by atoms with Crippen LogP contribution in [0.5, 0.6) is 0 Å². The third kappa shape index (κ3) is 3.35. The zero-order chi connectivity index (χ0) is 9.84. The first-order chi connectivity index (χ1) is 6.09. The molecule has 0 aliphatic carbocycles. The molecule has 0 spiro atoms. The Labute approximate surface area is 83.7 Å². The van der Waals surface area contributed by atoms with E-state index >= 15 is 0 Å². The Kier molecular flexibility index (Phi) is 3.73. The molecule has 2 heteroatoms. The molecule has 0 fully saturated rings. The molecule has 1 aromatic carbocycles. The minimum absolute atomic E-state index is 0.242. The van der Waals surface area contributed by atoms with Crippen LogP contribution < -0.4 is 0 Å². The van der Waals surface area contributed by atoms with Gasteiger partial charge in [0.25, 0.3) is 0 Å². The van der Waals surface area contributed by atoms with Crippen LogP contribution in [-0.4, -0.2) is 0 Å². The maximum Gasteiger partial charge on any atom is 0.128 e. The van der Waals surface area contributed by atoms with Gasteiger partial charge in [-0.25, -0.2) is 4.39 Å². The summed E-state index contributed by atoms with van der Waals surface area (Å²) in [4.78, 5) is 0. The van der Waals surface area contributed by atoms with E-state index in [1.165, 1.54) is 6.07 Å². The van der Waals surface area contributed by atoms with E-state index in [2.05, 4.69) is 13.8 Å². The van der Waals surface area contributed by atoms with Crippen molar-refractivity contribution in [3.8, 4) is 0 Å². The van der Waals surface area contributed by atoms with Gasteiger partial charge in [0, 0.05) is 5.02 Å². The SMILES string of the molecule is CC(C)C[CH]c1ccc(Cl)cc1F. The Hall–Kier alpha value is -0.560. The first-order valence-corrected chi connectivity index (χ1v) is 4.75. The van der Waals surface area contributed by atoms with E-state index < -0.39 is 0 Å². The summed E-state index contributed by atoms with van der Waals surface area (Å²) in [6.45, 7) is 4.20. The van der Waals surface area contributed by atoms with Gasteiger partial charge in [-0.1, -0.05) is 31.5 Å². The molecule has 0 aromatic heterocycles. The van der Waals surface area contributed by atoms with Crippen LogP contribution in [0.25, 0.3) is 0 Å². The number of hydrogen-bond donors (Lipinski definition) is 0. The molecule has 0 unspecified atom stereocenters. The Morgan fingerprint density at radius 1 is 1.46 bits per heavy atom. The molecule has 1 radical (unpaired) electrons. The average molecular weight is 200 g/mol. The summed E-state index contributed by atoms with van der Waals surface area (Å²) in [6.07, 6.45) is 2.79. The molecule has 0 atom stereocenters. The third-order valence-electron chi connectivity index (χ3n) is 1.77. The van der Waals surface area contributed by atoms with Crippen molar-refractivity contribution >= 4 is 11.6 Å².